The van der Waals surface area contributed by atoms with Crippen molar-refractivity contribution in [1.82, 2.24) is 4.90 Å². The maximum atomic E-state index is 12.1. The summed E-state index contributed by atoms with van der Waals surface area (Å²) in [5.74, 6) is 0.834. The van der Waals surface area contributed by atoms with Gasteiger partial charge in [0.05, 0.1) is 5.57 Å². The van der Waals surface area contributed by atoms with E-state index in [4.69, 9.17) is 0 Å². The lowest BCUT2D eigenvalue weighted by Gasteiger charge is -2.29. The van der Waals surface area contributed by atoms with Crippen molar-refractivity contribution in [3.05, 3.63) is 35.5 Å². The molecule has 1 N–H and O–H groups in total. The van der Waals surface area contributed by atoms with E-state index in [1.54, 1.807) is 0 Å². The van der Waals surface area contributed by atoms with Crippen LogP contribution in [0.4, 0.5) is 5.69 Å². The summed E-state index contributed by atoms with van der Waals surface area (Å²) in [5, 5.41) is 2.94. The molecule has 2 aliphatic rings. The molecule has 3 nitrogen and oxygen atoms in total. The summed E-state index contributed by atoms with van der Waals surface area (Å²) in [5.41, 5.74) is 3.98. The number of benzene rings is 1. The zero-order valence-corrected chi connectivity index (χ0v) is 11.6. The fourth-order valence-electron chi connectivity index (χ4n) is 2.77. The van der Waals surface area contributed by atoms with E-state index in [1.165, 1.54) is 18.4 Å². The van der Waals surface area contributed by atoms with Gasteiger partial charge in [0.25, 0.3) is 5.91 Å². The average molecular weight is 256 g/mol. The Morgan fingerprint density at radius 3 is 2.79 bits per heavy atom. The maximum absolute atomic E-state index is 12.1. The number of piperidine rings is 1. The number of likely N-dealkylation sites (tertiary alicyclic amines) is 1. The largest absolute Gasteiger partial charge is 0.377 e. The van der Waals surface area contributed by atoms with Crippen LogP contribution in [0.15, 0.2) is 24.4 Å². The van der Waals surface area contributed by atoms with Gasteiger partial charge in [0.1, 0.15) is 0 Å². The Kier molecular flexibility index (Phi) is 3.05. The van der Waals surface area contributed by atoms with Crippen molar-refractivity contribution in [2.24, 2.45) is 5.92 Å². The molecule has 0 bridgehead atoms. The van der Waals surface area contributed by atoms with Gasteiger partial charge in [-0.2, -0.15) is 0 Å². The summed E-state index contributed by atoms with van der Waals surface area (Å²) in [6, 6.07) is 6.11. The Hall–Kier alpha value is -1.77. The van der Waals surface area contributed by atoms with Crippen LogP contribution in [0.2, 0.25) is 0 Å². The lowest BCUT2D eigenvalue weighted by atomic mass is 9.99. The van der Waals surface area contributed by atoms with Crippen molar-refractivity contribution >= 4 is 17.2 Å². The van der Waals surface area contributed by atoms with Gasteiger partial charge >= 0.3 is 0 Å². The topological polar surface area (TPSA) is 32.3 Å². The maximum Gasteiger partial charge on any atom is 0.257 e. The van der Waals surface area contributed by atoms with E-state index in [2.05, 4.69) is 30.1 Å². The Bertz CT molecular complexity index is 540. The lowest BCUT2D eigenvalue weighted by molar-refractivity contribution is -0.110. The van der Waals surface area contributed by atoms with Crippen LogP contribution in [0.3, 0.4) is 0 Å². The van der Waals surface area contributed by atoms with E-state index >= 15 is 0 Å². The quantitative estimate of drug-likeness (QED) is 0.783. The van der Waals surface area contributed by atoms with Crippen molar-refractivity contribution in [1.29, 1.82) is 0 Å². The predicted molar refractivity (Wildman–Crippen MR) is 77.8 cm³/mol. The Morgan fingerprint density at radius 2 is 2.05 bits per heavy atom. The highest BCUT2D eigenvalue weighted by Crippen LogP contribution is 2.33. The van der Waals surface area contributed by atoms with E-state index in [0.717, 1.165) is 35.8 Å². The van der Waals surface area contributed by atoms with Gasteiger partial charge in [0, 0.05) is 30.5 Å². The van der Waals surface area contributed by atoms with Crippen molar-refractivity contribution in [2.45, 2.75) is 26.7 Å². The number of fused-ring (bicyclic) bond motifs is 1. The summed E-state index contributed by atoms with van der Waals surface area (Å²) in [6.45, 7) is 6.47. The SMILES string of the molecule is Cc1ccc2c(c1)/C(=C\N1CCC(C)CC1)C(=O)N2. The van der Waals surface area contributed by atoms with Crippen molar-refractivity contribution in [3.63, 3.8) is 0 Å². The van der Waals surface area contributed by atoms with Gasteiger partial charge in [-0.3, -0.25) is 4.79 Å². The summed E-state index contributed by atoms with van der Waals surface area (Å²) in [7, 11) is 0. The van der Waals surface area contributed by atoms with Gasteiger partial charge in [-0.1, -0.05) is 18.6 Å². The minimum Gasteiger partial charge on any atom is -0.377 e. The number of amides is 1. The van der Waals surface area contributed by atoms with Crippen LogP contribution in [0.25, 0.3) is 5.57 Å². The third-order valence-electron chi connectivity index (χ3n) is 4.09. The van der Waals surface area contributed by atoms with Gasteiger partial charge in [0.2, 0.25) is 0 Å². The number of carbonyl (C=O) groups is 1. The van der Waals surface area contributed by atoms with Crippen LogP contribution in [-0.2, 0) is 4.79 Å². The summed E-state index contributed by atoms with van der Waals surface area (Å²) in [4.78, 5) is 14.4. The Balaban J connectivity index is 1.89. The molecule has 0 unspecified atom stereocenters. The van der Waals surface area contributed by atoms with Gasteiger partial charge in [-0.25, -0.2) is 0 Å². The zero-order valence-electron chi connectivity index (χ0n) is 11.6. The fraction of sp³-hybridized carbons (Fsp3) is 0.438. The molecule has 1 amide bonds. The number of aryl methyl sites for hydroxylation is 1. The molecule has 1 fully saturated rings. The van der Waals surface area contributed by atoms with Crippen LogP contribution in [0.5, 0.6) is 0 Å². The molecule has 3 rings (SSSR count). The van der Waals surface area contributed by atoms with Crippen molar-refractivity contribution in [3.8, 4) is 0 Å². The predicted octanol–water partition coefficient (Wildman–Crippen LogP) is 3.02. The molecule has 1 aromatic rings. The van der Waals surface area contributed by atoms with Gasteiger partial charge in [-0.05, 0) is 37.8 Å². The molecule has 0 radical (unpaired) electrons. The van der Waals surface area contributed by atoms with Gasteiger partial charge in [0.15, 0.2) is 0 Å². The fourth-order valence-corrected chi connectivity index (χ4v) is 2.77. The minimum absolute atomic E-state index is 0.0271. The number of carbonyl (C=O) groups excluding carboxylic acids is 1. The minimum atomic E-state index is 0.0271. The molecule has 3 heteroatoms. The second kappa shape index (κ2) is 4.72. The summed E-state index contributed by atoms with van der Waals surface area (Å²) in [6.07, 6.45) is 4.48. The van der Waals surface area contributed by atoms with E-state index < -0.39 is 0 Å². The van der Waals surface area contributed by atoms with Crippen LogP contribution in [-0.4, -0.2) is 23.9 Å². The number of rotatable bonds is 1. The third kappa shape index (κ3) is 2.37. The number of nitrogens with one attached hydrogen (secondary N) is 1. The molecule has 100 valence electrons. The van der Waals surface area contributed by atoms with Crippen molar-refractivity contribution < 1.29 is 4.79 Å². The first-order valence-corrected chi connectivity index (χ1v) is 7.02. The molecule has 1 saturated heterocycles. The van der Waals surface area contributed by atoms with E-state index in [0.29, 0.717) is 0 Å². The summed E-state index contributed by atoms with van der Waals surface area (Å²) >= 11 is 0. The Morgan fingerprint density at radius 1 is 1.32 bits per heavy atom. The highest BCUT2D eigenvalue weighted by molar-refractivity contribution is 6.31. The molecule has 0 atom stereocenters. The van der Waals surface area contributed by atoms with E-state index in [1.807, 2.05) is 18.3 Å². The Labute approximate surface area is 114 Å². The number of hydrogen-bond acceptors (Lipinski definition) is 2. The van der Waals surface area contributed by atoms with Crippen LogP contribution in [0.1, 0.15) is 30.9 Å². The number of hydrogen-bond donors (Lipinski definition) is 1. The molecule has 2 heterocycles. The zero-order chi connectivity index (χ0) is 13.4. The van der Waals surface area contributed by atoms with Crippen LogP contribution in [0, 0.1) is 12.8 Å². The van der Waals surface area contributed by atoms with Gasteiger partial charge in [-0.15, -0.1) is 0 Å². The molecule has 0 aliphatic carbocycles. The summed E-state index contributed by atoms with van der Waals surface area (Å²) < 4.78 is 0. The molecule has 19 heavy (non-hydrogen) atoms. The second-order valence-corrected chi connectivity index (χ2v) is 5.76. The first-order chi connectivity index (χ1) is 9.13. The number of anilines is 1. The average Bonchev–Trinajstić information content (AvgIpc) is 2.69. The van der Waals surface area contributed by atoms with Crippen LogP contribution < -0.4 is 5.32 Å². The molecule has 2 aliphatic heterocycles. The van der Waals surface area contributed by atoms with E-state index in [-0.39, 0.29) is 5.91 Å². The molecule has 1 aromatic carbocycles. The first kappa shape index (κ1) is 12.3. The highest BCUT2D eigenvalue weighted by atomic mass is 16.2. The number of nitrogens with zero attached hydrogens (tertiary/aromatic N) is 1. The second-order valence-electron chi connectivity index (χ2n) is 5.76. The lowest BCUT2D eigenvalue weighted by Crippen LogP contribution is -2.29. The monoisotopic (exact) mass is 256 g/mol. The standard InChI is InChI=1S/C16H20N2O/c1-11-5-7-18(8-6-11)10-14-13-9-12(2)3-4-15(13)17-16(14)19/h3-4,9-11H,5-8H2,1-2H3,(H,17,19)/b14-10+. The smallest absolute Gasteiger partial charge is 0.257 e. The molecule has 0 saturated carbocycles. The molecule has 0 aromatic heterocycles. The normalized spacial score (nSPS) is 21.7. The molecule has 0 spiro atoms. The van der Waals surface area contributed by atoms with Gasteiger partial charge < -0.3 is 10.2 Å². The van der Waals surface area contributed by atoms with Crippen molar-refractivity contribution in [2.75, 3.05) is 18.4 Å². The van der Waals surface area contributed by atoms with Crippen LogP contribution >= 0.6 is 0 Å². The third-order valence-corrected chi connectivity index (χ3v) is 4.09. The highest BCUT2D eigenvalue weighted by Gasteiger charge is 2.25. The van der Waals surface area contributed by atoms with E-state index in [9.17, 15) is 4.79 Å². The first-order valence-electron chi connectivity index (χ1n) is 7.02. The molecular formula is C16H20N2O. The molecular weight excluding hydrogens is 236 g/mol.